The highest BCUT2D eigenvalue weighted by atomic mass is 14.5. The first-order valence-electron chi connectivity index (χ1n) is 3.50. The van der Waals surface area contributed by atoms with Gasteiger partial charge in [0.15, 0.2) is 0 Å². The van der Waals surface area contributed by atoms with E-state index in [1.54, 1.807) is 11.1 Å². The molecule has 0 bridgehead atoms. The predicted molar refractivity (Wildman–Crippen MR) is 34.6 cm³/mol. The van der Waals surface area contributed by atoms with Crippen LogP contribution in [0.15, 0.2) is 11.1 Å². The SMILES string of the molecule is CC1=C2C(CC1)[C@H]2C. The van der Waals surface area contributed by atoms with E-state index in [4.69, 9.17) is 0 Å². The molecule has 2 aliphatic rings. The summed E-state index contributed by atoms with van der Waals surface area (Å²) in [4.78, 5) is 0. The lowest BCUT2D eigenvalue weighted by Gasteiger charge is -1.92. The summed E-state index contributed by atoms with van der Waals surface area (Å²) < 4.78 is 0. The Kier molecular flexibility index (Phi) is 0.677. The minimum absolute atomic E-state index is 0.976. The van der Waals surface area contributed by atoms with Crippen molar-refractivity contribution in [3.05, 3.63) is 11.1 Å². The molecule has 2 rings (SSSR count). The van der Waals surface area contributed by atoms with Crippen molar-refractivity contribution in [2.45, 2.75) is 26.7 Å². The molecule has 1 saturated carbocycles. The van der Waals surface area contributed by atoms with Gasteiger partial charge in [-0.2, -0.15) is 0 Å². The topological polar surface area (TPSA) is 0 Å². The van der Waals surface area contributed by atoms with Crippen molar-refractivity contribution in [3.8, 4) is 0 Å². The van der Waals surface area contributed by atoms with Gasteiger partial charge in [-0.1, -0.05) is 18.1 Å². The number of fused-ring (bicyclic) bond motifs is 1. The average Bonchev–Trinajstić information content (AvgIpc) is 2.13. The number of hydrogen-bond acceptors (Lipinski definition) is 0. The van der Waals surface area contributed by atoms with Gasteiger partial charge < -0.3 is 0 Å². The van der Waals surface area contributed by atoms with E-state index in [1.165, 1.54) is 12.8 Å². The third-order valence-corrected chi connectivity index (χ3v) is 2.71. The van der Waals surface area contributed by atoms with E-state index in [2.05, 4.69) is 13.8 Å². The second kappa shape index (κ2) is 1.18. The summed E-state index contributed by atoms with van der Waals surface area (Å²) in [5, 5.41) is 0. The van der Waals surface area contributed by atoms with Crippen molar-refractivity contribution in [2.24, 2.45) is 11.8 Å². The maximum atomic E-state index is 2.35. The van der Waals surface area contributed by atoms with Gasteiger partial charge in [-0.15, -0.1) is 0 Å². The Hall–Kier alpha value is -0.260. The lowest BCUT2D eigenvalue weighted by Crippen LogP contribution is -1.78. The van der Waals surface area contributed by atoms with Crippen molar-refractivity contribution in [1.82, 2.24) is 0 Å². The Balaban J connectivity index is 2.32. The molecule has 0 nitrogen and oxygen atoms in total. The van der Waals surface area contributed by atoms with E-state index in [-0.39, 0.29) is 0 Å². The van der Waals surface area contributed by atoms with E-state index in [1.807, 2.05) is 0 Å². The van der Waals surface area contributed by atoms with Crippen molar-refractivity contribution in [2.75, 3.05) is 0 Å². The first-order valence-corrected chi connectivity index (χ1v) is 3.50. The molecule has 0 saturated heterocycles. The fraction of sp³-hybridized carbons (Fsp3) is 0.750. The van der Waals surface area contributed by atoms with Gasteiger partial charge in [-0.05, 0) is 31.6 Å². The molecule has 0 N–H and O–H groups in total. The van der Waals surface area contributed by atoms with E-state index in [9.17, 15) is 0 Å². The molecule has 0 radical (unpaired) electrons. The van der Waals surface area contributed by atoms with Crippen LogP contribution in [0.5, 0.6) is 0 Å². The molecule has 0 spiro atoms. The van der Waals surface area contributed by atoms with E-state index < -0.39 is 0 Å². The summed E-state index contributed by atoms with van der Waals surface area (Å²) >= 11 is 0. The van der Waals surface area contributed by atoms with Crippen LogP contribution in [-0.2, 0) is 0 Å². The number of hydrogen-bond donors (Lipinski definition) is 0. The normalized spacial score (nSPS) is 42.8. The van der Waals surface area contributed by atoms with E-state index in [0.29, 0.717) is 0 Å². The molecule has 2 atom stereocenters. The summed E-state index contributed by atoms with van der Waals surface area (Å²) in [6.45, 7) is 4.64. The molecule has 0 heteroatoms. The summed E-state index contributed by atoms with van der Waals surface area (Å²) in [5.74, 6) is 2.01. The largest absolute Gasteiger partial charge is 0.0735 e. The van der Waals surface area contributed by atoms with Crippen molar-refractivity contribution >= 4 is 0 Å². The molecule has 0 aromatic heterocycles. The smallest absolute Gasteiger partial charge is 0.0132 e. The lowest BCUT2D eigenvalue weighted by atomic mass is 10.1. The van der Waals surface area contributed by atoms with Gasteiger partial charge in [0.1, 0.15) is 0 Å². The highest BCUT2D eigenvalue weighted by Crippen LogP contribution is 2.55. The molecule has 0 aliphatic heterocycles. The van der Waals surface area contributed by atoms with Crippen LogP contribution < -0.4 is 0 Å². The van der Waals surface area contributed by atoms with Crippen LogP contribution in [0.4, 0.5) is 0 Å². The molecular weight excluding hydrogens is 96.1 g/mol. The van der Waals surface area contributed by atoms with Crippen LogP contribution in [0, 0.1) is 11.8 Å². The van der Waals surface area contributed by atoms with Crippen molar-refractivity contribution in [3.63, 3.8) is 0 Å². The number of rotatable bonds is 0. The minimum atomic E-state index is 0.976. The van der Waals surface area contributed by atoms with Crippen LogP contribution in [0.1, 0.15) is 26.7 Å². The standard InChI is InChI=1S/C8H12/c1-5-3-4-7-6(2)8(5)7/h6-7H,3-4H2,1-2H3/t6-,7?/m1/s1. The summed E-state index contributed by atoms with van der Waals surface area (Å²) in [6, 6.07) is 0. The molecule has 1 fully saturated rings. The van der Waals surface area contributed by atoms with Crippen LogP contribution in [0.3, 0.4) is 0 Å². The maximum Gasteiger partial charge on any atom is -0.0132 e. The van der Waals surface area contributed by atoms with Gasteiger partial charge in [-0.25, -0.2) is 0 Å². The van der Waals surface area contributed by atoms with Crippen LogP contribution in [0.2, 0.25) is 0 Å². The zero-order valence-corrected chi connectivity index (χ0v) is 5.57. The molecule has 0 aromatic rings. The zero-order chi connectivity index (χ0) is 5.72. The molecule has 2 aliphatic carbocycles. The second-order valence-corrected chi connectivity index (χ2v) is 3.17. The third-order valence-electron chi connectivity index (χ3n) is 2.71. The Morgan fingerprint density at radius 2 is 2.25 bits per heavy atom. The molecule has 44 valence electrons. The minimum Gasteiger partial charge on any atom is -0.0735 e. The van der Waals surface area contributed by atoms with Gasteiger partial charge in [0.25, 0.3) is 0 Å². The number of allylic oxidation sites excluding steroid dienone is 2. The molecule has 0 amide bonds. The third kappa shape index (κ3) is 0.367. The van der Waals surface area contributed by atoms with Crippen LogP contribution >= 0.6 is 0 Å². The lowest BCUT2D eigenvalue weighted by molar-refractivity contribution is 0.685. The van der Waals surface area contributed by atoms with Gasteiger partial charge in [0.2, 0.25) is 0 Å². The molecule has 8 heavy (non-hydrogen) atoms. The summed E-state index contributed by atoms with van der Waals surface area (Å²) in [6.07, 6.45) is 2.85. The van der Waals surface area contributed by atoms with Crippen LogP contribution in [0.25, 0.3) is 0 Å². The van der Waals surface area contributed by atoms with Gasteiger partial charge in [0.05, 0.1) is 0 Å². The Morgan fingerprint density at radius 3 is 2.50 bits per heavy atom. The highest BCUT2D eigenvalue weighted by Gasteiger charge is 2.44. The fourth-order valence-corrected chi connectivity index (χ4v) is 2.09. The van der Waals surface area contributed by atoms with Crippen LogP contribution in [-0.4, -0.2) is 0 Å². The molecular formula is C8H12. The Morgan fingerprint density at radius 1 is 1.50 bits per heavy atom. The quantitative estimate of drug-likeness (QED) is 0.418. The molecule has 0 aromatic carbocycles. The highest BCUT2D eigenvalue weighted by molar-refractivity contribution is 5.37. The first-order chi connectivity index (χ1) is 3.80. The molecule has 0 heterocycles. The Labute approximate surface area is 50.6 Å². The van der Waals surface area contributed by atoms with Gasteiger partial charge in [-0.3, -0.25) is 0 Å². The van der Waals surface area contributed by atoms with Gasteiger partial charge >= 0.3 is 0 Å². The molecule has 1 unspecified atom stereocenters. The predicted octanol–water partition coefficient (Wildman–Crippen LogP) is 2.36. The summed E-state index contributed by atoms with van der Waals surface area (Å²) in [7, 11) is 0. The fourth-order valence-electron chi connectivity index (χ4n) is 2.09. The first kappa shape index (κ1) is 4.60. The maximum absolute atomic E-state index is 2.35. The summed E-state index contributed by atoms with van der Waals surface area (Å²) in [5.41, 5.74) is 3.49. The zero-order valence-electron chi connectivity index (χ0n) is 5.57. The van der Waals surface area contributed by atoms with Crippen molar-refractivity contribution < 1.29 is 0 Å². The van der Waals surface area contributed by atoms with Gasteiger partial charge in [0, 0.05) is 0 Å². The second-order valence-electron chi connectivity index (χ2n) is 3.17. The average molecular weight is 108 g/mol. The Bertz CT molecular complexity index is 153. The van der Waals surface area contributed by atoms with E-state index >= 15 is 0 Å². The monoisotopic (exact) mass is 108 g/mol. The van der Waals surface area contributed by atoms with Crippen molar-refractivity contribution in [1.29, 1.82) is 0 Å². The van der Waals surface area contributed by atoms with E-state index in [0.717, 1.165) is 11.8 Å².